The Balaban J connectivity index is 2.23. The number of para-hydroxylation sites is 1. The third-order valence-electron chi connectivity index (χ3n) is 3.78. The summed E-state index contributed by atoms with van der Waals surface area (Å²) in [6.07, 6.45) is 3.30. The molecule has 1 aliphatic heterocycles. The largest absolute Gasteiger partial charge is 0.445 e. The normalized spacial score (nSPS) is 30.9. The van der Waals surface area contributed by atoms with Crippen molar-refractivity contribution in [3.05, 3.63) is 29.3 Å². The summed E-state index contributed by atoms with van der Waals surface area (Å²) in [7, 11) is 0. The Bertz CT molecular complexity index is 500. The number of halogens is 1. The number of benzene rings is 1. The first kappa shape index (κ1) is 11.1. The molecular formula is C13H16BrN2O+. The molecule has 0 saturated heterocycles. The first-order valence-corrected chi connectivity index (χ1v) is 6.88. The lowest BCUT2D eigenvalue weighted by atomic mass is 9.88. The van der Waals surface area contributed by atoms with Crippen molar-refractivity contribution >= 4 is 27.6 Å². The zero-order valence-electron chi connectivity index (χ0n) is 9.79. The molecule has 3 N–H and O–H groups in total. The molecule has 90 valence electrons. The number of ether oxygens (including phenoxy) is 1. The van der Waals surface area contributed by atoms with Gasteiger partial charge in [0.15, 0.2) is 5.60 Å². The maximum atomic E-state index is 5.96. The molecule has 1 aliphatic carbocycles. The molecule has 0 aromatic heterocycles. The number of hydrogen-bond acceptors (Lipinski definition) is 2. The molecule has 3 nitrogen and oxygen atoms in total. The van der Waals surface area contributed by atoms with E-state index in [1.165, 1.54) is 11.1 Å². The summed E-state index contributed by atoms with van der Waals surface area (Å²) < 4.78 is 5.96. The van der Waals surface area contributed by atoms with Crippen LogP contribution in [0.5, 0.6) is 0 Å². The molecule has 2 aliphatic rings. The minimum absolute atomic E-state index is 0.281. The van der Waals surface area contributed by atoms with E-state index in [4.69, 9.17) is 10.5 Å². The van der Waals surface area contributed by atoms with Gasteiger partial charge in [0, 0.05) is 5.56 Å². The van der Waals surface area contributed by atoms with Crippen LogP contribution in [0.3, 0.4) is 0 Å². The predicted octanol–water partition coefficient (Wildman–Crippen LogP) is 1.19. The van der Waals surface area contributed by atoms with Gasteiger partial charge in [0.25, 0.3) is 0 Å². The third kappa shape index (κ3) is 1.50. The number of rotatable bonds is 0. The van der Waals surface area contributed by atoms with Crippen LogP contribution >= 0.6 is 15.9 Å². The lowest BCUT2D eigenvalue weighted by molar-refractivity contribution is -0.384. The summed E-state index contributed by atoms with van der Waals surface area (Å²) in [5.41, 5.74) is 9.17. The Kier molecular flexibility index (Phi) is 2.43. The standard InChI is InChI=1S/C13H15BrN2O/c1-8-4-2-5-9-11(8)16-12(15)17-13(9)7-3-6-10(13)14/h2,4-5,10H,3,6-7H2,1H3,(H2,15,16)/p+1/t10-,13+/m1/s1. The van der Waals surface area contributed by atoms with Crippen LogP contribution in [0.1, 0.15) is 30.4 Å². The molecule has 1 saturated carbocycles. The molecular weight excluding hydrogens is 280 g/mol. The molecule has 17 heavy (non-hydrogen) atoms. The van der Waals surface area contributed by atoms with Gasteiger partial charge < -0.3 is 4.74 Å². The number of aryl methyl sites for hydroxylation is 1. The van der Waals surface area contributed by atoms with E-state index in [9.17, 15) is 0 Å². The van der Waals surface area contributed by atoms with E-state index < -0.39 is 0 Å². The maximum Gasteiger partial charge on any atom is 0.445 e. The number of fused-ring (bicyclic) bond motifs is 2. The molecule has 0 amide bonds. The highest BCUT2D eigenvalue weighted by Crippen LogP contribution is 2.48. The summed E-state index contributed by atoms with van der Waals surface area (Å²) in [6.45, 7) is 2.09. The monoisotopic (exact) mass is 295 g/mol. The van der Waals surface area contributed by atoms with E-state index in [0.717, 1.165) is 24.9 Å². The van der Waals surface area contributed by atoms with Crippen LogP contribution in [0, 0.1) is 6.92 Å². The van der Waals surface area contributed by atoms with Gasteiger partial charge in [0.1, 0.15) is 5.69 Å². The van der Waals surface area contributed by atoms with E-state index in [-0.39, 0.29) is 5.60 Å². The Labute approximate surface area is 109 Å². The van der Waals surface area contributed by atoms with Crippen LogP contribution < -0.4 is 10.7 Å². The van der Waals surface area contributed by atoms with Crippen molar-refractivity contribution < 1.29 is 9.73 Å². The summed E-state index contributed by atoms with van der Waals surface area (Å²) in [5, 5.41) is 0. The van der Waals surface area contributed by atoms with Crippen molar-refractivity contribution in [2.75, 3.05) is 0 Å². The number of nitrogens with two attached hydrogens (primary N) is 1. The van der Waals surface area contributed by atoms with E-state index in [1.54, 1.807) is 0 Å². The molecule has 1 aromatic carbocycles. The molecule has 0 bridgehead atoms. The Hall–Kier alpha value is -1.03. The van der Waals surface area contributed by atoms with Gasteiger partial charge in [0.05, 0.1) is 4.83 Å². The highest BCUT2D eigenvalue weighted by molar-refractivity contribution is 9.09. The quantitative estimate of drug-likeness (QED) is 0.707. The lowest BCUT2D eigenvalue weighted by Gasteiger charge is -2.35. The highest BCUT2D eigenvalue weighted by atomic mass is 79.9. The number of alkyl halides is 1. The van der Waals surface area contributed by atoms with E-state index in [0.29, 0.717) is 10.8 Å². The average molecular weight is 296 g/mol. The molecule has 1 spiro atoms. The summed E-state index contributed by atoms with van der Waals surface area (Å²) in [6, 6.07) is 6.73. The second-order valence-corrected chi connectivity index (χ2v) is 5.94. The first-order chi connectivity index (χ1) is 8.13. The van der Waals surface area contributed by atoms with Gasteiger partial charge in [-0.05, 0) is 31.7 Å². The first-order valence-electron chi connectivity index (χ1n) is 5.96. The van der Waals surface area contributed by atoms with Crippen molar-refractivity contribution in [3.63, 3.8) is 0 Å². The number of hydrogen-bond donors (Lipinski definition) is 2. The minimum atomic E-state index is -0.281. The number of amidine groups is 1. The Morgan fingerprint density at radius 1 is 1.53 bits per heavy atom. The fraction of sp³-hybridized carbons (Fsp3) is 0.462. The van der Waals surface area contributed by atoms with Crippen LogP contribution in [-0.2, 0) is 10.3 Å². The SMILES string of the molecule is Cc1cccc2c1[NH+]=C(N)O[C@@]21CCC[C@H]1Br. The Morgan fingerprint density at radius 3 is 3.06 bits per heavy atom. The van der Waals surface area contributed by atoms with Crippen molar-refractivity contribution in [1.82, 2.24) is 0 Å². The van der Waals surface area contributed by atoms with E-state index in [1.807, 2.05) is 0 Å². The van der Waals surface area contributed by atoms with Crippen LogP contribution in [0.25, 0.3) is 0 Å². The zero-order chi connectivity index (χ0) is 12.0. The smallest absolute Gasteiger partial charge is 0.419 e. The molecule has 1 heterocycles. The predicted molar refractivity (Wildman–Crippen MR) is 70.3 cm³/mol. The fourth-order valence-electron chi connectivity index (χ4n) is 2.94. The molecule has 4 heteroatoms. The van der Waals surface area contributed by atoms with Crippen LogP contribution in [-0.4, -0.2) is 10.8 Å². The van der Waals surface area contributed by atoms with Crippen LogP contribution in [0.2, 0.25) is 0 Å². The van der Waals surface area contributed by atoms with Crippen LogP contribution in [0.15, 0.2) is 18.2 Å². The maximum absolute atomic E-state index is 5.96. The van der Waals surface area contributed by atoms with Gasteiger partial charge in [-0.3, -0.25) is 5.73 Å². The van der Waals surface area contributed by atoms with Gasteiger partial charge in [-0.2, -0.15) is 0 Å². The van der Waals surface area contributed by atoms with Gasteiger partial charge in [-0.1, -0.05) is 34.1 Å². The average Bonchev–Trinajstić information content (AvgIpc) is 2.63. The van der Waals surface area contributed by atoms with E-state index in [2.05, 4.69) is 46.0 Å². The fourth-order valence-corrected chi connectivity index (χ4v) is 3.83. The van der Waals surface area contributed by atoms with Crippen molar-refractivity contribution in [2.45, 2.75) is 36.6 Å². The Morgan fingerprint density at radius 2 is 2.35 bits per heavy atom. The summed E-state index contributed by atoms with van der Waals surface area (Å²) in [5.74, 6) is 0. The molecule has 1 fully saturated rings. The summed E-state index contributed by atoms with van der Waals surface area (Å²) >= 11 is 3.76. The van der Waals surface area contributed by atoms with Gasteiger partial charge in [-0.15, -0.1) is 0 Å². The third-order valence-corrected chi connectivity index (χ3v) is 4.98. The molecule has 1 aromatic rings. The second-order valence-electron chi connectivity index (χ2n) is 4.84. The molecule has 0 unspecified atom stereocenters. The highest BCUT2D eigenvalue weighted by Gasteiger charge is 2.50. The molecule has 3 rings (SSSR count). The van der Waals surface area contributed by atoms with Crippen molar-refractivity contribution in [2.24, 2.45) is 5.73 Å². The zero-order valence-corrected chi connectivity index (χ0v) is 11.4. The molecule has 2 atom stereocenters. The summed E-state index contributed by atoms with van der Waals surface area (Å²) in [4.78, 5) is 3.48. The van der Waals surface area contributed by atoms with Gasteiger partial charge in [0.2, 0.25) is 0 Å². The van der Waals surface area contributed by atoms with Crippen molar-refractivity contribution in [3.8, 4) is 0 Å². The van der Waals surface area contributed by atoms with Crippen LogP contribution in [0.4, 0.5) is 5.69 Å². The lowest BCUT2D eigenvalue weighted by Crippen LogP contribution is -2.75. The molecule has 0 radical (unpaired) electrons. The van der Waals surface area contributed by atoms with E-state index >= 15 is 0 Å². The van der Waals surface area contributed by atoms with Gasteiger partial charge in [-0.25, -0.2) is 4.99 Å². The second kappa shape index (κ2) is 3.73. The number of nitrogens with one attached hydrogen (secondary N) is 1. The minimum Gasteiger partial charge on any atom is -0.419 e. The van der Waals surface area contributed by atoms with Gasteiger partial charge >= 0.3 is 6.02 Å². The topological polar surface area (TPSA) is 49.2 Å². The van der Waals surface area contributed by atoms with Crippen molar-refractivity contribution in [1.29, 1.82) is 0 Å².